The fourth-order valence-electron chi connectivity index (χ4n) is 2.84. The van der Waals surface area contributed by atoms with Crippen molar-refractivity contribution in [3.63, 3.8) is 0 Å². The minimum atomic E-state index is 0.347. The van der Waals surface area contributed by atoms with Crippen LogP contribution in [0.15, 0.2) is 66.7 Å². The van der Waals surface area contributed by atoms with E-state index in [0.717, 1.165) is 16.2 Å². The molecule has 0 aromatic heterocycles. The second-order valence-electron chi connectivity index (χ2n) is 4.82. The molecule has 0 aliphatic carbocycles. The van der Waals surface area contributed by atoms with Crippen molar-refractivity contribution in [1.82, 2.24) is 0 Å². The standard InChI is InChI=1S/C18H12O/c19-18-11-17-13-6-2-1-5-12(13)9-10-15(17)14-7-3-4-8-16(14)18/h1-11,19H. The van der Waals surface area contributed by atoms with Gasteiger partial charge in [-0.05, 0) is 33.0 Å². The van der Waals surface area contributed by atoms with Crippen molar-refractivity contribution in [1.29, 1.82) is 0 Å². The Kier molecular flexibility index (Phi) is 2.04. The van der Waals surface area contributed by atoms with Gasteiger partial charge < -0.3 is 5.11 Å². The fourth-order valence-corrected chi connectivity index (χ4v) is 2.84. The van der Waals surface area contributed by atoms with E-state index < -0.39 is 0 Å². The molecule has 4 aromatic carbocycles. The Morgan fingerprint density at radius 1 is 0.526 bits per heavy atom. The monoisotopic (exact) mass is 244 g/mol. The third-order valence-electron chi connectivity index (χ3n) is 3.74. The molecule has 1 N–H and O–H groups in total. The van der Waals surface area contributed by atoms with Crippen LogP contribution in [-0.2, 0) is 0 Å². The topological polar surface area (TPSA) is 20.2 Å². The van der Waals surface area contributed by atoms with Crippen molar-refractivity contribution in [3.8, 4) is 5.75 Å². The predicted octanol–water partition coefficient (Wildman–Crippen LogP) is 4.85. The quantitative estimate of drug-likeness (QED) is 0.438. The third kappa shape index (κ3) is 1.42. The zero-order valence-corrected chi connectivity index (χ0v) is 10.3. The van der Waals surface area contributed by atoms with Crippen LogP contribution in [0.5, 0.6) is 5.75 Å². The number of hydrogen-bond donors (Lipinski definition) is 1. The fraction of sp³-hybridized carbons (Fsp3) is 0. The van der Waals surface area contributed by atoms with Crippen LogP contribution in [0.4, 0.5) is 0 Å². The maximum Gasteiger partial charge on any atom is 0.124 e. The highest BCUT2D eigenvalue weighted by atomic mass is 16.3. The molecule has 1 nitrogen and oxygen atoms in total. The molecule has 4 aromatic rings. The molecule has 0 aliphatic rings. The summed E-state index contributed by atoms with van der Waals surface area (Å²) in [6, 6.07) is 22.4. The molecule has 0 atom stereocenters. The van der Waals surface area contributed by atoms with Crippen LogP contribution in [0.3, 0.4) is 0 Å². The zero-order valence-electron chi connectivity index (χ0n) is 10.3. The smallest absolute Gasteiger partial charge is 0.124 e. The van der Waals surface area contributed by atoms with Gasteiger partial charge in [0.1, 0.15) is 5.75 Å². The third-order valence-corrected chi connectivity index (χ3v) is 3.74. The molecule has 90 valence electrons. The second kappa shape index (κ2) is 3.72. The maximum atomic E-state index is 10.2. The molecule has 0 saturated carbocycles. The maximum absolute atomic E-state index is 10.2. The van der Waals surface area contributed by atoms with Crippen LogP contribution >= 0.6 is 0 Å². The minimum absolute atomic E-state index is 0.347. The molecule has 4 rings (SSSR count). The van der Waals surface area contributed by atoms with E-state index in [9.17, 15) is 5.11 Å². The molecule has 19 heavy (non-hydrogen) atoms. The second-order valence-corrected chi connectivity index (χ2v) is 4.82. The number of aromatic hydroxyl groups is 1. The molecular formula is C18H12O. The van der Waals surface area contributed by atoms with Crippen molar-refractivity contribution >= 4 is 32.3 Å². The van der Waals surface area contributed by atoms with Gasteiger partial charge in [0.15, 0.2) is 0 Å². The predicted molar refractivity (Wildman–Crippen MR) is 80.6 cm³/mol. The lowest BCUT2D eigenvalue weighted by Gasteiger charge is -2.09. The summed E-state index contributed by atoms with van der Waals surface area (Å²) in [6.07, 6.45) is 0. The highest BCUT2D eigenvalue weighted by Crippen LogP contribution is 2.36. The number of benzene rings is 4. The van der Waals surface area contributed by atoms with Crippen molar-refractivity contribution < 1.29 is 5.11 Å². The average molecular weight is 244 g/mol. The first-order valence-electron chi connectivity index (χ1n) is 6.37. The van der Waals surface area contributed by atoms with Gasteiger partial charge in [0.25, 0.3) is 0 Å². The number of phenolic OH excluding ortho intramolecular Hbond substituents is 1. The van der Waals surface area contributed by atoms with Gasteiger partial charge in [0.2, 0.25) is 0 Å². The van der Waals surface area contributed by atoms with E-state index in [0.29, 0.717) is 5.75 Å². The molecule has 0 radical (unpaired) electrons. The van der Waals surface area contributed by atoms with E-state index in [1.54, 1.807) is 0 Å². The number of phenols is 1. The number of rotatable bonds is 0. The summed E-state index contributed by atoms with van der Waals surface area (Å²) in [5.41, 5.74) is 0. The van der Waals surface area contributed by atoms with E-state index in [-0.39, 0.29) is 0 Å². The van der Waals surface area contributed by atoms with E-state index in [1.165, 1.54) is 16.2 Å². The number of fused-ring (bicyclic) bond motifs is 5. The highest BCUT2D eigenvalue weighted by Gasteiger charge is 2.07. The SMILES string of the molecule is Oc1cc2c3ccccc3ccc2c2ccccc12. The minimum Gasteiger partial charge on any atom is -0.507 e. The molecular weight excluding hydrogens is 232 g/mol. The average Bonchev–Trinajstić information content (AvgIpc) is 2.47. The Bertz CT molecular complexity index is 922. The summed E-state index contributed by atoms with van der Waals surface area (Å²) in [4.78, 5) is 0. The summed E-state index contributed by atoms with van der Waals surface area (Å²) in [7, 11) is 0. The zero-order chi connectivity index (χ0) is 12.8. The Morgan fingerprint density at radius 2 is 1.16 bits per heavy atom. The lowest BCUT2D eigenvalue weighted by Crippen LogP contribution is -1.81. The van der Waals surface area contributed by atoms with Gasteiger partial charge in [-0.1, -0.05) is 60.7 Å². The summed E-state index contributed by atoms with van der Waals surface area (Å²) in [6.45, 7) is 0. The summed E-state index contributed by atoms with van der Waals surface area (Å²) in [5, 5.41) is 16.9. The van der Waals surface area contributed by atoms with Crippen LogP contribution < -0.4 is 0 Å². The molecule has 0 aliphatic heterocycles. The molecule has 0 spiro atoms. The lowest BCUT2D eigenvalue weighted by molar-refractivity contribution is 0.482. The number of hydrogen-bond acceptors (Lipinski definition) is 1. The van der Waals surface area contributed by atoms with Crippen molar-refractivity contribution in [2.24, 2.45) is 0 Å². The largest absolute Gasteiger partial charge is 0.507 e. The summed E-state index contributed by atoms with van der Waals surface area (Å²) >= 11 is 0. The van der Waals surface area contributed by atoms with Crippen molar-refractivity contribution in [2.75, 3.05) is 0 Å². The van der Waals surface area contributed by atoms with Crippen LogP contribution in [0.1, 0.15) is 0 Å². The van der Waals surface area contributed by atoms with E-state index in [2.05, 4.69) is 30.3 Å². The first kappa shape index (κ1) is 10.4. The highest BCUT2D eigenvalue weighted by molar-refractivity contribution is 6.18. The Labute approximate surface area is 110 Å². The first-order chi connectivity index (χ1) is 9.34. The van der Waals surface area contributed by atoms with Gasteiger partial charge in [-0.3, -0.25) is 0 Å². The molecule has 0 saturated heterocycles. The van der Waals surface area contributed by atoms with Gasteiger partial charge in [-0.25, -0.2) is 0 Å². The Morgan fingerprint density at radius 3 is 2.00 bits per heavy atom. The first-order valence-corrected chi connectivity index (χ1v) is 6.37. The van der Waals surface area contributed by atoms with Crippen LogP contribution in [-0.4, -0.2) is 5.11 Å². The van der Waals surface area contributed by atoms with Gasteiger partial charge in [0, 0.05) is 5.39 Å². The van der Waals surface area contributed by atoms with Crippen molar-refractivity contribution in [3.05, 3.63) is 66.7 Å². The molecule has 0 bridgehead atoms. The molecule has 0 fully saturated rings. The van der Waals surface area contributed by atoms with E-state index >= 15 is 0 Å². The normalized spacial score (nSPS) is 11.4. The van der Waals surface area contributed by atoms with Gasteiger partial charge in [-0.15, -0.1) is 0 Å². The Balaban J connectivity index is 2.34. The molecule has 0 heterocycles. The van der Waals surface area contributed by atoms with Gasteiger partial charge in [0.05, 0.1) is 0 Å². The van der Waals surface area contributed by atoms with Gasteiger partial charge >= 0.3 is 0 Å². The van der Waals surface area contributed by atoms with Crippen LogP contribution in [0, 0.1) is 0 Å². The lowest BCUT2D eigenvalue weighted by atomic mass is 9.96. The van der Waals surface area contributed by atoms with Crippen LogP contribution in [0.25, 0.3) is 32.3 Å². The molecule has 0 unspecified atom stereocenters. The van der Waals surface area contributed by atoms with E-state index in [1.807, 2.05) is 36.4 Å². The molecule has 0 amide bonds. The van der Waals surface area contributed by atoms with Gasteiger partial charge in [-0.2, -0.15) is 0 Å². The molecule has 1 heteroatoms. The Hall–Kier alpha value is -2.54. The van der Waals surface area contributed by atoms with E-state index in [4.69, 9.17) is 0 Å². The summed E-state index contributed by atoms with van der Waals surface area (Å²) < 4.78 is 0. The van der Waals surface area contributed by atoms with Crippen molar-refractivity contribution in [2.45, 2.75) is 0 Å². The van der Waals surface area contributed by atoms with Crippen LogP contribution in [0.2, 0.25) is 0 Å². The summed E-state index contributed by atoms with van der Waals surface area (Å²) in [5.74, 6) is 0.347.